The first-order valence-electron chi connectivity index (χ1n) is 7.56. The van der Waals surface area contributed by atoms with E-state index >= 15 is 0 Å². The minimum atomic E-state index is 0.352. The number of rotatable bonds is 6. The van der Waals surface area contributed by atoms with Crippen molar-refractivity contribution in [2.75, 3.05) is 13.2 Å². The van der Waals surface area contributed by atoms with Crippen LogP contribution < -0.4 is 5.32 Å². The highest BCUT2D eigenvalue weighted by Gasteiger charge is 2.22. The molecule has 0 radical (unpaired) electrons. The summed E-state index contributed by atoms with van der Waals surface area (Å²) in [6.07, 6.45) is 3.80. The van der Waals surface area contributed by atoms with Crippen LogP contribution in [0.3, 0.4) is 0 Å². The Kier molecular flexibility index (Phi) is 4.99. The average Bonchev–Trinajstić information content (AvgIpc) is 2.98. The molecule has 1 aromatic heterocycles. The van der Waals surface area contributed by atoms with Crippen LogP contribution >= 0.6 is 0 Å². The van der Waals surface area contributed by atoms with Crippen LogP contribution in [0, 0.1) is 13.8 Å². The summed E-state index contributed by atoms with van der Waals surface area (Å²) in [7, 11) is 0. The van der Waals surface area contributed by atoms with Gasteiger partial charge in [-0.25, -0.2) is 0 Å². The summed E-state index contributed by atoms with van der Waals surface area (Å²) in [5.41, 5.74) is 3.83. The highest BCUT2D eigenvalue weighted by molar-refractivity contribution is 5.28. The van der Waals surface area contributed by atoms with Gasteiger partial charge in [0.05, 0.1) is 18.3 Å². The molecule has 0 spiro atoms. The molecule has 2 atom stereocenters. The molecule has 2 rings (SSSR count). The van der Waals surface area contributed by atoms with Crippen molar-refractivity contribution < 1.29 is 4.74 Å². The zero-order valence-electron chi connectivity index (χ0n) is 12.7. The number of aromatic nitrogens is 2. The van der Waals surface area contributed by atoms with Crippen LogP contribution in [0.5, 0.6) is 0 Å². The fourth-order valence-electron chi connectivity index (χ4n) is 3.07. The van der Waals surface area contributed by atoms with Gasteiger partial charge in [-0.15, -0.1) is 0 Å². The molecule has 1 N–H and O–H groups in total. The van der Waals surface area contributed by atoms with E-state index in [0.717, 1.165) is 38.2 Å². The zero-order valence-corrected chi connectivity index (χ0v) is 12.7. The van der Waals surface area contributed by atoms with Gasteiger partial charge in [-0.3, -0.25) is 4.68 Å². The Morgan fingerprint density at radius 1 is 1.42 bits per heavy atom. The van der Waals surface area contributed by atoms with Gasteiger partial charge >= 0.3 is 0 Å². The summed E-state index contributed by atoms with van der Waals surface area (Å²) in [5.74, 6) is 0. The summed E-state index contributed by atoms with van der Waals surface area (Å²) in [6, 6.07) is 0.420. The lowest BCUT2D eigenvalue weighted by Gasteiger charge is -2.17. The van der Waals surface area contributed by atoms with Crippen LogP contribution in [0.4, 0.5) is 0 Å². The van der Waals surface area contributed by atoms with E-state index < -0.39 is 0 Å². The minimum Gasteiger partial charge on any atom is -0.376 e. The molecule has 1 aliphatic heterocycles. The third-order valence-electron chi connectivity index (χ3n) is 4.05. The first-order valence-corrected chi connectivity index (χ1v) is 7.56. The average molecular weight is 265 g/mol. The summed E-state index contributed by atoms with van der Waals surface area (Å²) in [5, 5.41) is 8.27. The third kappa shape index (κ3) is 3.18. The molecular formula is C15H27N3O. The topological polar surface area (TPSA) is 39.1 Å². The van der Waals surface area contributed by atoms with Crippen molar-refractivity contribution >= 4 is 0 Å². The lowest BCUT2D eigenvalue weighted by atomic mass is 10.0. The van der Waals surface area contributed by atoms with Crippen LogP contribution in [-0.2, 0) is 11.3 Å². The Bertz CT molecular complexity index is 408. The molecule has 4 heteroatoms. The summed E-state index contributed by atoms with van der Waals surface area (Å²) >= 11 is 0. The van der Waals surface area contributed by atoms with Crippen molar-refractivity contribution in [3.63, 3.8) is 0 Å². The van der Waals surface area contributed by atoms with Gasteiger partial charge in [0.2, 0.25) is 0 Å². The number of hydrogen-bond donors (Lipinski definition) is 1. The standard InChI is InChI=1S/C15H27N3O/c1-5-14(16-6-2)15-11(3)17-18(12(15)4)10-13-8-7-9-19-13/h13-14,16H,5-10H2,1-4H3. The maximum atomic E-state index is 5.72. The molecule has 2 heterocycles. The molecule has 0 aliphatic carbocycles. The van der Waals surface area contributed by atoms with E-state index in [4.69, 9.17) is 9.84 Å². The summed E-state index contributed by atoms with van der Waals surface area (Å²) in [4.78, 5) is 0. The molecule has 0 amide bonds. The van der Waals surface area contributed by atoms with Crippen molar-refractivity contribution in [1.82, 2.24) is 15.1 Å². The number of ether oxygens (including phenoxy) is 1. The predicted octanol–water partition coefficient (Wildman–Crippen LogP) is 2.74. The first kappa shape index (κ1) is 14.5. The molecule has 108 valence electrons. The van der Waals surface area contributed by atoms with Gasteiger partial charge in [-0.05, 0) is 39.7 Å². The normalized spacial score (nSPS) is 20.9. The quantitative estimate of drug-likeness (QED) is 0.859. The van der Waals surface area contributed by atoms with Crippen LogP contribution in [0.1, 0.15) is 56.1 Å². The van der Waals surface area contributed by atoms with Crippen molar-refractivity contribution in [3.05, 3.63) is 17.0 Å². The number of nitrogens with one attached hydrogen (secondary N) is 1. The smallest absolute Gasteiger partial charge is 0.0771 e. The molecule has 19 heavy (non-hydrogen) atoms. The highest BCUT2D eigenvalue weighted by atomic mass is 16.5. The SMILES string of the molecule is CCNC(CC)c1c(C)nn(CC2CCCO2)c1C. The Morgan fingerprint density at radius 2 is 2.21 bits per heavy atom. The van der Waals surface area contributed by atoms with Gasteiger partial charge in [0, 0.05) is 23.9 Å². The predicted molar refractivity (Wildman–Crippen MR) is 77.4 cm³/mol. The van der Waals surface area contributed by atoms with Crippen molar-refractivity contribution in [2.45, 2.75) is 65.6 Å². The van der Waals surface area contributed by atoms with Crippen molar-refractivity contribution in [2.24, 2.45) is 0 Å². The van der Waals surface area contributed by atoms with Gasteiger partial charge < -0.3 is 10.1 Å². The maximum Gasteiger partial charge on any atom is 0.0771 e. The molecule has 0 bridgehead atoms. The van der Waals surface area contributed by atoms with Crippen LogP contribution in [0.2, 0.25) is 0 Å². The zero-order chi connectivity index (χ0) is 13.8. The van der Waals surface area contributed by atoms with Crippen molar-refractivity contribution in [3.8, 4) is 0 Å². The fourth-order valence-corrected chi connectivity index (χ4v) is 3.07. The second-order valence-corrected chi connectivity index (χ2v) is 5.42. The van der Waals surface area contributed by atoms with E-state index in [1.165, 1.54) is 17.7 Å². The Labute approximate surface area is 116 Å². The first-order chi connectivity index (χ1) is 9.17. The molecule has 1 saturated heterocycles. The summed E-state index contributed by atoms with van der Waals surface area (Å²) < 4.78 is 7.86. The van der Waals surface area contributed by atoms with E-state index in [-0.39, 0.29) is 0 Å². The maximum absolute atomic E-state index is 5.72. The van der Waals surface area contributed by atoms with Crippen molar-refractivity contribution in [1.29, 1.82) is 0 Å². The molecule has 0 saturated carbocycles. The second-order valence-electron chi connectivity index (χ2n) is 5.42. The van der Waals surface area contributed by atoms with Gasteiger partial charge in [0.15, 0.2) is 0 Å². The molecule has 0 aromatic carbocycles. The lowest BCUT2D eigenvalue weighted by molar-refractivity contribution is 0.0933. The fraction of sp³-hybridized carbons (Fsp3) is 0.800. The van der Waals surface area contributed by atoms with Crippen LogP contribution in [0.25, 0.3) is 0 Å². The third-order valence-corrected chi connectivity index (χ3v) is 4.05. The van der Waals surface area contributed by atoms with Gasteiger partial charge in [0.25, 0.3) is 0 Å². The molecule has 4 nitrogen and oxygen atoms in total. The van der Waals surface area contributed by atoms with E-state index in [0.29, 0.717) is 12.1 Å². The van der Waals surface area contributed by atoms with E-state index in [2.05, 4.69) is 37.7 Å². The Morgan fingerprint density at radius 3 is 2.79 bits per heavy atom. The summed E-state index contributed by atoms with van der Waals surface area (Å²) in [6.45, 7) is 11.5. The van der Waals surface area contributed by atoms with E-state index in [9.17, 15) is 0 Å². The Hall–Kier alpha value is -0.870. The monoisotopic (exact) mass is 265 g/mol. The molecule has 1 fully saturated rings. The second kappa shape index (κ2) is 6.53. The van der Waals surface area contributed by atoms with Crippen LogP contribution in [-0.4, -0.2) is 29.0 Å². The largest absolute Gasteiger partial charge is 0.376 e. The molecule has 1 aromatic rings. The highest BCUT2D eigenvalue weighted by Crippen LogP contribution is 2.25. The molecule has 2 unspecified atom stereocenters. The van der Waals surface area contributed by atoms with Gasteiger partial charge in [0.1, 0.15) is 0 Å². The Balaban J connectivity index is 2.17. The van der Waals surface area contributed by atoms with Gasteiger partial charge in [-0.2, -0.15) is 5.10 Å². The number of hydrogen-bond acceptors (Lipinski definition) is 3. The van der Waals surface area contributed by atoms with Gasteiger partial charge in [-0.1, -0.05) is 13.8 Å². The van der Waals surface area contributed by atoms with E-state index in [1.807, 2.05) is 0 Å². The molecular weight excluding hydrogens is 238 g/mol. The lowest BCUT2D eigenvalue weighted by Crippen LogP contribution is -2.22. The molecule has 1 aliphatic rings. The van der Waals surface area contributed by atoms with Crippen LogP contribution in [0.15, 0.2) is 0 Å². The minimum absolute atomic E-state index is 0.352. The number of nitrogens with zero attached hydrogens (tertiary/aromatic N) is 2. The van der Waals surface area contributed by atoms with E-state index in [1.54, 1.807) is 0 Å². The number of aryl methyl sites for hydroxylation is 1.